The molecule has 1 rings (SSSR count). The molecule has 16 heavy (non-hydrogen) atoms. The van der Waals surface area contributed by atoms with E-state index >= 15 is 0 Å². The zero-order valence-electron chi connectivity index (χ0n) is 9.86. The van der Waals surface area contributed by atoms with Gasteiger partial charge < -0.3 is 14.0 Å². The van der Waals surface area contributed by atoms with Crippen LogP contribution in [0.4, 0.5) is 0 Å². The third-order valence-corrected chi connectivity index (χ3v) is 2.51. The van der Waals surface area contributed by atoms with E-state index in [0.717, 1.165) is 25.2 Å². The van der Waals surface area contributed by atoms with Crippen LogP contribution in [-0.2, 0) is 22.4 Å². The number of H-pyrrole nitrogens is 1. The second-order valence-electron chi connectivity index (χ2n) is 3.45. The Kier molecular flexibility index (Phi) is 6.29. The van der Waals surface area contributed by atoms with Crippen molar-refractivity contribution in [3.8, 4) is 0 Å². The van der Waals surface area contributed by atoms with Gasteiger partial charge in [-0.25, -0.2) is 0 Å². The molecule has 0 saturated carbocycles. The quantitative estimate of drug-likeness (QED) is 0.558. The number of ether oxygens (including phenoxy) is 2. The Balaban J connectivity index is 2.40. The number of hydrogen-bond acceptors (Lipinski definition) is 4. The number of aromatic nitrogens is 3. The van der Waals surface area contributed by atoms with Crippen molar-refractivity contribution in [1.29, 1.82) is 0 Å². The summed E-state index contributed by atoms with van der Waals surface area (Å²) in [5.74, 6) is 1.00. The SMILES string of the molecule is CCCc1n[nH]c(=S)n1CCOCCOC. The summed E-state index contributed by atoms with van der Waals surface area (Å²) in [5, 5.41) is 7.00. The number of nitrogens with one attached hydrogen (secondary N) is 1. The average molecular weight is 245 g/mol. The highest BCUT2D eigenvalue weighted by Crippen LogP contribution is 2.01. The monoisotopic (exact) mass is 245 g/mol. The molecule has 0 amide bonds. The summed E-state index contributed by atoms with van der Waals surface area (Å²) < 4.78 is 13.0. The second-order valence-corrected chi connectivity index (χ2v) is 3.84. The minimum Gasteiger partial charge on any atom is -0.382 e. The summed E-state index contributed by atoms with van der Waals surface area (Å²) in [6.45, 7) is 4.74. The lowest BCUT2D eigenvalue weighted by atomic mass is 10.3. The van der Waals surface area contributed by atoms with E-state index in [1.807, 2.05) is 4.57 Å². The van der Waals surface area contributed by atoms with Crippen LogP contribution in [0, 0.1) is 4.77 Å². The van der Waals surface area contributed by atoms with Crippen molar-refractivity contribution in [2.24, 2.45) is 0 Å². The van der Waals surface area contributed by atoms with Crippen LogP contribution in [0.5, 0.6) is 0 Å². The number of methoxy groups -OCH3 is 1. The van der Waals surface area contributed by atoms with Crippen molar-refractivity contribution in [3.63, 3.8) is 0 Å². The molecule has 0 fully saturated rings. The molecule has 1 N–H and O–H groups in total. The fraction of sp³-hybridized carbons (Fsp3) is 0.800. The van der Waals surface area contributed by atoms with Gasteiger partial charge >= 0.3 is 0 Å². The summed E-state index contributed by atoms with van der Waals surface area (Å²) in [4.78, 5) is 0. The van der Waals surface area contributed by atoms with E-state index < -0.39 is 0 Å². The maximum Gasteiger partial charge on any atom is 0.195 e. The molecule has 0 radical (unpaired) electrons. The van der Waals surface area contributed by atoms with Gasteiger partial charge in [0, 0.05) is 13.5 Å². The minimum absolute atomic E-state index is 0.616. The van der Waals surface area contributed by atoms with Gasteiger partial charge in [0.2, 0.25) is 0 Å². The third-order valence-electron chi connectivity index (χ3n) is 2.20. The van der Waals surface area contributed by atoms with Gasteiger partial charge in [-0.3, -0.25) is 5.10 Å². The van der Waals surface area contributed by atoms with Gasteiger partial charge in [-0.15, -0.1) is 0 Å². The molecule has 6 heteroatoms. The van der Waals surface area contributed by atoms with Crippen molar-refractivity contribution in [2.75, 3.05) is 26.9 Å². The highest BCUT2D eigenvalue weighted by atomic mass is 32.1. The van der Waals surface area contributed by atoms with E-state index in [2.05, 4.69) is 17.1 Å². The Morgan fingerprint density at radius 2 is 2.19 bits per heavy atom. The first-order valence-corrected chi connectivity index (χ1v) is 5.91. The summed E-state index contributed by atoms with van der Waals surface area (Å²) >= 11 is 5.15. The van der Waals surface area contributed by atoms with E-state index in [-0.39, 0.29) is 0 Å². The van der Waals surface area contributed by atoms with Crippen molar-refractivity contribution >= 4 is 12.2 Å². The molecule has 0 atom stereocenters. The van der Waals surface area contributed by atoms with Crippen LogP contribution in [0.25, 0.3) is 0 Å². The van der Waals surface area contributed by atoms with Crippen molar-refractivity contribution in [3.05, 3.63) is 10.6 Å². The molecule has 0 aliphatic heterocycles. The van der Waals surface area contributed by atoms with Gasteiger partial charge in [0.05, 0.1) is 26.4 Å². The van der Waals surface area contributed by atoms with Gasteiger partial charge in [0.25, 0.3) is 0 Å². The Labute approximate surface area is 101 Å². The molecule has 0 spiro atoms. The number of aryl methyl sites for hydroxylation is 1. The summed E-state index contributed by atoms with van der Waals surface area (Å²) in [6.07, 6.45) is 2.00. The van der Waals surface area contributed by atoms with Crippen LogP contribution < -0.4 is 0 Å². The number of aromatic amines is 1. The number of rotatable bonds is 8. The Morgan fingerprint density at radius 1 is 1.38 bits per heavy atom. The van der Waals surface area contributed by atoms with Gasteiger partial charge in [-0.2, -0.15) is 5.10 Å². The van der Waals surface area contributed by atoms with E-state index in [9.17, 15) is 0 Å². The first kappa shape index (κ1) is 13.3. The topological polar surface area (TPSA) is 52.1 Å². The first-order chi connectivity index (χ1) is 7.79. The van der Waals surface area contributed by atoms with E-state index in [1.54, 1.807) is 7.11 Å². The highest BCUT2D eigenvalue weighted by Gasteiger charge is 2.04. The smallest absolute Gasteiger partial charge is 0.195 e. The van der Waals surface area contributed by atoms with Crippen LogP contribution in [0.3, 0.4) is 0 Å². The molecule has 0 unspecified atom stereocenters. The summed E-state index contributed by atoms with van der Waals surface area (Å²) in [7, 11) is 1.66. The zero-order chi connectivity index (χ0) is 11.8. The lowest BCUT2D eigenvalue weighted by molar-refractivity contribution is 0.0662. The van der Waals surface area contributed by atoms with Crippen LogP contribution in [0.2, 0.25) is 0 Å². The summed E-state index contributed by atoms with van der Waals surface area (Å²) in [6, 6.07) is 0. The van der Waals surface area contributed by atoms with Gasteiger partial charge in [0.1, 0.15) is 5.82 Å². The molecule has 1 aromatic rings. The van der Waals surface area contributed by atoms with Crippen molar-refractivity contribution in [1.82, 2.24) is 14.8 Å². The standard InChI is InChI=1S/C10H19N3O2S/c1-3-4-9-11-12-10(16)13(9)5-6-15-8-7-14-2/h3-8H2,1-2H3,(H,12,16). The number of nitrogens with zero attached hydrogens (tertiary/aromatic N) is 2. The summed E-state index contributed by atoms with van der Waals surface area (Å²) in [5.41, 5.74) is 0. The van der Waals surface area contributed by atoms with Crippen LogP contribution in [-0.4, -0.2) is 41.7 Å². The maximum absolute atomic E-state index is 5.40. The van der Waals surface area contributed by atoms with Crippen molar-refractivity contribution < 1.29 is 9.47 Å². The Hall–Kier alpha value is -0.720. The zero-order valence-corrected chi connectivity index (χ0v) is 10.7. The lowest BCUT2D eigenvalue weighted by Gasteiger charge is -2.06. The van der Waals surface area contributed by atoms with Gasteiger partial charge in [0.15, 0.2) is 4.77 Å². The third kappa shape index (κ3) is 4.03. The molecule has 0 aromatic carbocycles. The van der Waals surface area contributed by atoms with Crippen LogP contribution in [0.1, 0.15) is 19.2 Å². The molecule has 1 heterocycles. The fourth-order valence-electron chi connectivity index (χ4n) is 1.40. The first-order valence-electron chi connectivity index (χ1n) is 5.50. The van der Waals surface area contributed by atoms with Crippen molar-refractivity contribution in [2.45, 2.75) is 26.3 Å². The molecule has 5 nitrogen and oxygen atoms in total. The molecule has 0 aliphatic carbocycles. The molecule has 92 valence electrons. The van der Waals surface area contributed by atoms with E-state index in [0.29, 0.717) is 24.6 Å². The lowest BCUT2D eigenvalue weighted by Crippen LogP contribution is -2.11. The maximum atomic E-state index is 5.40. The van der Waals surface area contributed by atoms with Crippen LogP contribution >= 0.6 is 12.2 Å². The minimum atomic E-state index is 0.616. The fourth-order valence-corrected chi connectivity index (χ4v) is 1.64. The molecular weight excluding hydrogens is 226 g/mol. The largest absolute Gasteiger partial charge is 0.382 e. The predicted octanol–water partition coefficient (Wildman–Crippen LogP) is 1.56. The number of hydrogen-bond donors (Lipinski definition) is 1. The average Bonchev–Trinajstić information content (AvgIpc) is 2.61. The van der Waals surface area contributed by atoms with Crippen LogP contribution in [0.15, 0.2) is 0 Å². The van der Waals surface area contributed by atoms with Gasteiger partial charge in [-0.05, 0) is 18.6 Å². The Bertz CT molecular complexity index is 348. The van der Waals surface area contributed by atoms with Gasteiger partial charge in [-0.1, -0.05) is 6.92 Å². The highest BCUT2D eigenvalue weighted by molar-refractivity contribution is 7.71. The molecular formula is C10H19N3O2S. The normalized spacial score (nSPS) is 10.9. The second kappa shape index (κ2) is 7.54. The molecule has 1 aromatic heterocycles. The molecule has 0 bridgehead atoms. The predicted molar refractivity (Wildman–Crippen MR) is 64.1 cm³/mol. The molecule has 0 saturated heterocycles. The Morgan fingerprint density at radius 3 is 2.88 bits per heavy atom. The van der Waals surface area contributed by atoms with E-state index in [4.69, 9.17) is 21.7 Å². The molecule has 0 aliphatic rings. The van der Waals surface area contributed by atoms with E-state index in [1.165, 1.54) is 0 Å².